The van der Waals surface area contributed by atoms with E-state index in [9.17, 15) is 9.59 Å². The first kappa shape index (κ1) is 27.2. The van der Waals surface area contributed by atoms with Crippen molar-refractivity contribution < 1.29 is 28.4 Å². The number of nitrogens with zero attached hydrogens (tertiary/aromatic N) is 2. The molecule has 2 saturated heterocycles. The summed E-state index contributed by atoms with van der Waals surface area (Å²) in [5.41, 5.74) is 1.97. The maximum atomic E-state index is 13.4. The van der Waals surface area contributed by atoms with Gasteiger partial charge in [-0.25, -0.2) is 9.78 Å². The third kappa shape index (κ3) is 5.39. The monoisotopic (exact) mass is 512 g/mol. The number of alkyl carbamates (subject to hydrolysis) is 1. The Balaban J connectivity index is 1.49. The number of aromatic amines is 1. The van der Waals surface area contributed by atoms with E-state index < -0.39 is 36.6 Å². The first-order valence-electron chi connectivity index (χ1n) is 12.7. The smallest absolute Gasteiger partial charge is 0.453 e. The fourth-order valence-electron chi connectivity index (χ4n) is 4.65. The summed E-state index contributed by atoms with van der Waals surface area (Å²) >= 11 is 0. The molecule has 2 aromatic rings. The summed E-state index contributed by atoms with van der Waals surface area (Å²) in [6.07, 6.45) is 2.18. The van der Waals surface area contributed by atoms with E-state index in [4.69, 9.17) is 18.8 Å². The van der Waals surface area contributed by atoms with Crippen LogP contribution in [0.2, 0.25) is 0 Å². The molecule has 4 rings (SSSR count). The average Bonchev–Trinajstić information content (AvgIpc) is 3.59. The summed E-state index contributed by atoms with van der Waals surface area (Å²) in [5.74, 6) is 0.477. The lowest BCUT2D eigenvalue weighted by molar-refractivity contribution is -0.137. The highest BCUT2D eigenvalue weighted by Gasteiger charge is 2.51. The molecule has 2 N–H and O–H groups in total. The molecule has 3 heterocycles. The van der Waals surface area contributed by atoms with Crippen molar-refractivity contribution in [2.24, 2.45) is 0 Å². The molecule has 200 valence electrons. The zero-order valence-electron chi connectivity index (χ0n) is 22.7. The summed E-state index contributed by atoms with van der Waals surface area (Å²) < 4.78 is 22.4. The predicted molar refractivity (Wildman–Crippen MR) is 139 cm³/mol. The van der Waals surface area contributed by atoms with Crippen LogP contribution < -0.4 is 10.8 Å². The van der Waals surface area contributed by atoms with Crippen molar-refractivity contribution in [1.29, 1.82) is 0 Å². The lowest BCUT2D eigenvalue weighted by atomic mass is 9.79. The molecule has 0 spiro atoms. The Hall–Kier alpha value is -2.89. The fraction of sp³-hybridized carbons (Fsp3) is 0.577. The van der Waals surface area contributed by atoms with Crippen molar-refractivity contribution >= 4 is 24.6 Å². The Kier molecular flexibility index (Phi) is 7.68. The van der Waals surface area contributed by atoms with Crippen LogP contribution in [0.25, 0.3) is 11.3 Å². The second-order valence-corrected chi connectivity index (χ2v) is 10.6. The number of carbonyl (C=O) groups is 2. The van der Waals surface area contributed by atoms with Gasteiger partial charge in [-0.05, 0) is 58.5 Å². The van der Waals surface area contributed by atoms with Gasteiger partial charge < -0.3 is 34.0 Å². The Morgan fingerprint density at radius 3 is 2.41 bits per heavy atom. The van der Waals surface area contributed by atoms with E-state index in [1.807, 2.05) is 52.0 Å². The van der Waals surface area contributed by atoms with Crippen LogP contribution in [-0.2, 0) is 23.6 Å². The summed E-state index contributed by atoms with van der Waals surface area (Å²) in [4.78, 5) is 35.0. The van der Waals surface area contributed by atoms with E-state index in [0.29, 0.717) is 12.4 Å². The second kappa shape index (κ2) is 10.5. The maximum Gasteiger partial charge on any atom is 0.494 e. The Morgan fingerprint density at radius 1 is 1.16 bits per heavy atom. The molecule has 0 unspecified atom stereocenters. The van der Waals surface area contributed by atoms with Gasteiger partial charge in [0.15, 0.2) is 0 Å². The summed E-state index contributed by atoms with van der Waals surface area (Å²) in [7, 11) is 2.34. The molecule has 2 amide bonds. The number of H-pyrrole nitrogens is 1. The number of rotatable bonds is 7. The zero-order valence-corrected chi connectivity index (χ0v) is 22.7. The lowest BCUT2D eigenvalue weighted by Crippen LogP contribution is -2.54. The van der Waals surface area contributed by atoms with Crippen molar-refractivity contribution in [2.75, 3.05) is 20.8 Å². The van der Waals surface area contributed by atoms with Crippen LogP contribution in [0.3, 0.4) is 0 Å². The molecule has 10 nitrogen and oxygen atoms in total. The Morgan fingerprint density at radius 2 is 1.81 bits per heavy atom. The number of aromatic nitrogens is 2. The standard InChI is InChI=1S/C26H37BN4O6/c1-16(34-6)21(30-24(33)35-7)23(32)31-14-8-9-20(31)22-28-15-19(29-22)17-10-12-18(13-11-17)27-36-25(2,3)26(4,5)37-27/h10-13,15-16,20-21H,8-9,14H2,1-7H3,(H,28,29)(H,30,33)/t16-,20+,21+/m1/s1. The lowest BCUT2D eigenvalue weighted by Gasteiger charge is -2.32. The van der Waals surface area contributed by atoms with Crippen LogP contribution in [-0.4, -0.2) is 78.1 Å². The fourth-order valence-corrected chi connectivity index (χ4v) is 4.65. The van der Waals surface area contributed by atoms with Gasteiger partial charge in [0.05, 0.1) is 42.3 Å². The summed E-state index contributed by atoms with van der Waals surface area (Å²) in [6.45, 7) is 10.4. The first-order valence-corrected chi connectivity index (χ1v) is 12.7. The minimum atomic E-state index is -0.866. The van der Waals surface area contributed by atoms with Crippen LogP contribution in [0.15, 0.2) is 30.5 Å². The van der Waals surface area contributed by atoms with Crippen LogP contribution in [0, 0.1) is 0 Å². The van der Waals surface area contributed by atoms with E-state index in [0.717, 1.165) is 29.6 Å². The average molecular weight is 512 g/mol. The molecule has 3 atom stereocenters. The van der Waals surface area contributed by atoms with E-state index >= 15 is 0 Å². The number of hydrogen-bond acceptors (Lipinski definition) is 7. The molecule has 0 aliphatic carbocycles. The van der Waals surface area contributed by atoms with Crippen LogP contribution >= 0.6 is 0 Å². The molecule has 2 aliphatic rings. The molecule has 1 aromatic carbocycles. The van der Waals surface area contributed by atoms with Gasteiger partial charge in [0.1, 0.15) is 11.9 Å². The molecule has 2 aliphatic heterocycles. The topological polar surface area (TPSA) is 115 Å². The van der Waals surface area contributed by atoms with Crippen LogP contribution in [0.4, 0.5) is 4.79 Å². The highest BCUT2D eigenvalue weighted by molar-refractivity contribution is 6.62. The van der Waals surface area contributed by atoms with Crippen molar-refractivity contribution in [3.63, 3.8) is 0 Å². The second-order valence-electron chi connectivity index (χ2n) is 10.6. The Labute approximate surface area is 218 Å². The molecule has 0 bridgehead atoms. The third-order valence-corrected chi connectivity index (χ3v) is 7.76. The van der Waals surface area contributed by atoms with Gasteiger partial charge in [0.2, 0.25) is 5.91 Å². The van der Waals surface area contributed by atoms with E-state index in [2.05, 4.69) is 15.3 Å². The first-order chi connectivity index (χ1) is 17.5. The van der Waals surface area contributed by atoms with Crippen LogP contribution in [0.1, 0.15) is 59.3 Å². The maximum absolute atomic E-state index is 13.4. The highest BCUT2D eigenvalue weighted by atomic mass is 16.7. The zero-order chi connectivity index (χ0) is 27.0. The molecule has 11 heteroatoms. The molecular weight excluding hydrogens is 475 g/mol. The van der Waals surface area contributed by atoms with Gasteiger partial charge in [0.25, 0.3) is 0 Å². The van der Waals surface area contributed by atoms with Crippen molar-refractivity contribution in [3.05, 3.63) is 36.3 Å². The predicted octanol–water partition coefficient (Wildman–Crippen LogP) is 2.80. The molecular formula is C26H37BN4O6. The number of nitrogens with one attached hydrogen (secondary N) is 2. The van der Waals surface area contributed by atoms with Gasteiger partial charge in [-0.1, -0.05) is 24.3 Å². The summed E-state index contributed by atoms with van der Waals surface area (Å²) in [5, 5.41) is 2.61. The van der Waals surface area contributed by atoms with Gasteiger partial charge in [-0.2, -0.15) is 0 Å². The minimum Gasteiger partial charge on any atom is -0.453 e. The van der Waals surface area contributed by atoms with Crippen molar-refractivity contribution in [2.45, 2.75) is 76.9 Å². The number of ether oxygens (including phenoxy) is 2. The number of carbonyl (C=O) groups excluding carboxylic acids is 2. The number of likely N-dealkylation sites (tertiary alicyclic amines) is 1. The molecule has 1 aromatic heterocycles. The largest absolute Gasteiger partial charge is 0.494 e. The van der Waals surface area contributed by atoms with Gasteiger partial charge in [-0.15, -0.1) is 0 Å². The van der Waals surface area contributed by atoms with Gasteiger partial charge in [-0.3, -0.25) is 4.79 Å². The highest BCUT2D eigenvalue weighted by Crippen LogP contribution is 2.37. The SMILES string of the molecule is COC(=O)N[C@H](C(=O)N1CCC[C@H]1c1ncc(-c2ccc(B3OC(C)(C)C(C)(C)O3)cc2)[nH]1)[C@@H](C)OC. The molecule has 0 saturated carbocycles. The van der Waals surface area contributed by atoms with Gasteiger partial charge >= 0.3 is 13.2 Å². The number of methoxy groups -OCH3 is 2. The third-order valence-electron chi connectivity index (χ3n) is 7.76. The number of hydrogen-bond donors (Lipinski definition) is 2. The molecule has 2 fully saturated rings. The number of benzene rings is 1. The van der Waals surface area contributed by atoms with Gasteiger partial charge in [0, 0.05) is 13.7 Å². The van der Waals surface area contributed by atoms with E-state index in [1.165, 1.54) is 14.2 Å². The van der Waals surface area contributed by atoms with E-state index in [1.54, 1.807) is 18.0 Å². The molecule has 0 radical (unpaired) electrons. The minimum absolute atomic E-state index is 0.226. The Bertz CT molecular complexity index is 1100. The number of amides is 2. The number of imidazole rings is 1. The van der Waals surface area contributed by atoms with E-state index in [-0.39, 0.29) is 11.9 Å². The molecule has 37 heavy (non-hydrogen) atoms. The quantitative estimate of drug-likeness (QED) is 0.549. The normalized spacial score (nSPS) is 22.1. The van der Waals surface area contributed by atoms with Crippen molar-refractivity contribution in [3.8, 4) is 11.3 Å². The van der Waals surface area contributed by atoms with Crippen molar-refractivity contribution in [1.82, 2.24) is 20.2 Å². The van der Waals surface area contributed by atoms with Crippen LogP contribution in [0.5, 0.6) is 0 Å². The summed E-state index contributed by atoms with van der Waals surface area (Å²) in [6, 6.07) is 6.92.